The van der Waals surface area contributed by atoms with Crippen molar-refractivity contribution >= 4 is 23.8 Å². The number of carbonyl (C=O) groups excluding carboxylic acids is 2. The molecule has 1 N–H and O–H groups in total. The van der Waals surface area contributed by atoms with Crippen molar-refractivity contribution in [3.63, 3.8) is 0 Å². The third-order valence-electron chi connectivity index (χ3n) is 2.86. The predicted molar refractivity (Wildman–Crippen MR) is 75.2 cm³/mol. The lowest BCUT2D eigenvalue weighted by Crippen LogP contribution is -2.46. The largest absolute Gasteiger partial charge is 0.469 e. The highest BCUT2D eigenvalue weighted by atomic mass is 32.2. The molecule has 6 heteroatoms. The molecule has 110 valence electrons. The molecule has 1 rings (SSSR count). The SMILES string of the molecule is COC(=O)CC1CCSCC1NC(=O)OC(C)(C)C. The molecule has 1 saturated heterocycles. The monoisotopic (exact) mass is 289 g/mol. The predicted octanol–water partition coefficient (Wildman–Crippen LogP) is 2.20. The molecule has 0 aromatic carbocycles. The van der Waals surface area contributed by atoms with Crippen LogP contribution in [0.5, 0.6) is 0 Å². The Morgan fingerprint density at radius 2 is 2.05 bits per heavy atom. The highest BCUT2D eigenvalue weighted by Crippen LogP contribution is 2.26. The van der Waals surface area contributed by atoms with Crippen LogP contribution in [0.2, 0.25) is 0 Å². The molecule has 1 fully saturated rings. The number of rotatable bonds is 3. The molecule has 1 aliphatic heterocycles. The zero-order valence-electron chi connectivity index (χ0n) is 12.0. The summed E-state index contributed by atoms with van der Waals surface area (Å²) in [6, 6.07) is -0.0345. The fraction of sp³-hybridized carbons (Fsp3) is 0.846. The minimum absolute atomic E-state index is 0.0345. The summed E-state index contributed by atoms with van der Waals surface area (Å²) in [5.41, 5.74) is -0.510. The van der Waals surface area contributed by atoms with E-state index in [1.165, 1.54) is 7.11 Å². The molecule has 0 bridgehead atoms. The van der Waals surface area contributed by atoms with Crippen LogP contribution >= 0.6 is 11.8 Å². The van der Waals surface area contributed by atoms with E-state index in [9.17, 15) is 9.59 Å². The molecule has 1 amide bonds. The van der Waals surface area contributed by atoms with Gasteiger partial charge in [0.25, 0.3) is 0 Å². The topological polar surface area (TPSA) is 64.6 Å². The average molecular weight is 289 g/mol. The summed E-state index contributed by atoms with van der Waals surface area (Å²) in [6.45, 7) is 5.48. The lowest BCUT2D eigenvalue weighted by molar-refractivity contribution is -0.142. The van der Waals surface area contributed by atoms with Gasteiger partial charge in [0.2, 0.25) is 0 Å². The van der Waals surface area contributed by atoms with Crippen molar-refractivity contribution in [2.24, 2.45) is 5.92 Å². The normalized spacial score (nSPS) is 23.6. The van der Waals surface area contributed by atoms with Crippen LogP contribution in [0.25, 0.3) is 0 Å². The van der Waals surface area contributed by atoms with Gasteiger partial charge in [-0.1, -0.05) is 0 Å². The molecule has 2 atom stereocenters. The van der Waals surface area contributed by atoms with Gasteiger partial charge in [0.1, 0.15) is 5.60 Å². The second-order valence-corrected chi connectivity index (χ2v) is 6.81. The van der Waals surface area contributed by atoms with Gasteiger partial charge in [-0.25, -0.2) is 4.79 Å². The van der Waals surface area contributed by atoms with Crippen molar-refractivity contribution in [1.29, 1.82) is 0 Å². The van der Waals surface area contributed by atoms with E-state index in [-0.39, 0.29) is 17.9 Å². The van der Waals surface area contributed by atoms with E-state index in [4.69, 9.17) is 9.47 Å². The Morgan fingerprint density at radius 1 is 1.37 bits per heavy atom. The van der Waals surface area contributed by atoms with Crippen molar-refractivity contribution in [2.45, 2.75) is 45.3 Å². The number of amides is 1. The van der Waals surface area contributed by atoms with E-state index >= 15 is 0 Å². The summed E-state index contributed by atoms with van der Waals surface area (Å²) in [5, 5.41) is 2.87. The Kier molecular flexibility index (Phi) is 5.97. The highest BCUT2D eigenvalue weighted by Gasteiger charge is 2.30. The molecule has 0 aromatic heterocycles. The molecular weight excluding hydrogens is 266 g/mol. The summed E-state index contributed by atoms with van der Waals surface area (Å²) < 4.78 is 9.94. The van der Waals surface area contributed by atoms with Crippen LogP contribution in [0, 0.1) is 5.92 Å². The standard InChI is InChI=1S/C13H23NO4S/c1-13(2,3)18-12(16)14-10-8-19-6-5-9(10)7-11(15)17-4/h9-10H,5-8H2,1-4H3,(H,14,16). The maximum absolute atomic E-state index is 11.8. The molecule has 1 aliphatic rings. The maximum atomic E-state index is 11.8. The van der Waals surface area contributed by atoms with Crippen molar-refractivity contribution in [2.75, 3.05) is 18.6 Å². The van der Waals surface area contributed by atoms with Gasteiger partial charge in [-0.15, -0.1) is 0 Å². The summed E-state index contributed by atoms with van der Waals surface area (Å²) in [5.74, 6) is 1.71. The molecule has 0 aliphatic carbocycles. The van der Waals surface area contributed by atoms with Gasteiger partial charge in [0, 0.05) is 11.8 Å². The number of hydrogen-bond acceptors (Lipinski definition) is 5. The third kappa shape index (κ3) is 6.18. The van der Waals surface area contributed by atoms with Gasteiger partial charge in [-0.3, -0.25) is 4.79 Å². The minimum Gasteiger partial charge on any atom is -0.469 e. The maximum Gasteiger partial charge on any atom is 0.407 e. The average Bonchev–Trinajstić information content (AvgIpc) is 2.29. The Hall–Kier alpha value is -0.910. The van der Waals surface area contributed by atoms with Crippen LogP contribution in [0.4, 0.5) is 4.79 Å². The van der Waals surface area contributed by atoms with Crippen LogP contribution in [-0.2, 0) is 14.3 Å². The van der Waals surface area contributed by atoms with Gasteiger partial charge in [0.15, 0.2) is 0 Å². The van der Waals surface area contributed by atoms with Gasteiger partial charge in [-0.2, -0.15) is 11.8 Å². The first-order chi connectivity index (χ1) is 8.81. The van der Waals surface area contributed by atoms with Gasteiger partial charge in [0.05, 0.1) is 13.5 Å². The smallest absolute Gasteiger partial charge is 0.407 e. The zero-order valence-corrected chi connectivity index (χ0v) is 12.8. The molecule has 1 heterocycles. The molecule has 2 unspecified atom stereocenters. The first kappa shape index (κ1) is 16.1. The summed E-state index contributed by atoms with van der Waals surface area (Å²) in [4.78, 5) is 23.1. The second kappa shape index (κ2) is 7.03. The number of nitrogens with one attached hydrogen (secondary N) is 1. The van der Waals surface area contributed by atoms with E-state index in [0.717, 1.165) is 17.9 Å². The van der Waals surface area contributed by atoms with Gasteiger partial charge < -0.3 is 14.8 Å². The molecule has 0 spiro atoms. The Balaban J connectivity index is 2.52. The van der Waals surface area contributed by atoms with Crippen molar-refractivity contribution < 1.29 is 19.1 Å². The van der Waals surface area contributed by atoms with E-state index < -0.39 is 11.7 Å². The molecule has 0 radical (unpaired) electrons. The number of carbonyl (C=O) groups is 2. The van der Waals surface area contributed by atoms with E-state index in [1.807, 2.05) is 20.8 Å². The third-order valence-corrected chi connectivity index (χ3v) is 3.98. The fourth-order valence-corrected chi connectivity index (χ4v) is 3.19. The number of esters is 1. The van der Waals surface area contributed by atoms with E-state index in [2.05, 4.69) is 5.32 Å². The van der Waals surface area contributed by atoms with E-state index in [1.54, 1.807) is 11.8 Å². The lowest BCUT2D eigenvalue weighted by Gasteiger charge is -2.32. The Bertz CT molecular complexity index is 327. The minimum atomic E-state index is -0.510. The molecule has 5 nitrogen and oxygen atoms in total. The van der Waals surface area contributed by atoms with Crippen LogP contribution in [-0.4, -0.2) is 42.3 Å². The molecule has 0 saturated carbocycles. The first-order valence-electron chi connectivity index (χ1n) is 6.46. The van der Waals surface area contributed by atoms with Crippen molar-refractivity contribution in [3.8, 4) is 0 Å². The lowest BCUT2D eigenvalue weighted by atomic mass is 9.94. The van der Waals surface area contributed by atoms with E-state index in [0.29, 0.717) is 6.42 Å². The van der Waals surface area contributed by atoms with Crippen molar-refractivity contribution in [1.82, 2.24) is 5.32 Å². The Morgan fingerprint density at radius 3 is 2.63 bits per heavy atom. The van der Waals surface area contributed by atoms with Crippen LogP contribution in [0.3, 0.4) is 0 Å². The quantitative estimate of drug-likeness (QED) is 0.807. The first-order valence-corrected chi connectivity index (χ1v) is 7.61. The molecular formula is C13H23NO4S. The van der Waals surface area contributed by atoms with Crippen molar-refractivity contribution in [3.05, 3.63) is 0 Å². The molecule has 0 aromatic rings. The summed E-state index contributed by atoms with van der Waals surface area (Å²) in [7, 11) is 1.39. The molecule has 19 heavy (non-hydrogen) atoms. The summed E-state index contributed by atoms with van der Waals surface area (Å²) >= 11 is 1.78. The number of alkyl carbamates (subject to hydrolysis) is 1. The zero-order chi connectivity index (χ0) is 14.5. The fourth-order valence-electron chi connectivity index (χ4n) is 1.94. The number of hydrogen-bond donors (Lipinski definition) is 1. The second-order valence-electron chi connectivity index (χ2n) is 5.66. The number of ether oxygens (including phenoxy) is 2. The number of methoxy groups -OCH3 is 1. The summed E-state index contributed by atoms with van der Waals surface area (Å²) in [6.07, 6.45) is 0.826. The highest BCUT2D eigenvalue weighted by molar-refractivity contribution is 7.99. The Labute approximate surface area is 118 Å². The van der Waals surface area contributed by atoms with Gasteiger partial charge in [-0.05, 0) is 38.9 Å². The van der Waals surface area contributed by atoms with Crippen LogP contribution in [0.15, 0.2) is 0 Å². The van der Waals surface area contributed by atoms with Crippen LogP contribution in [0.1, 0.15) is 33.6 Å². The number of thioether (sulfide) groups is 1. The van der Waals surface area contributed by atoms with Crippen LogP contribution < -0.4 is 5.32 Å². The van der Waals surface area contributed by atoms with Gasteiger partial charge >= 0.3 is 12.1 Å².